The topological polar surface area (TPSA) is 85.4 Å². The van der Waals surface area contributed by atoms with Gasteiger partial charge in [-0.05, 0) is 44.1 Å². The van der Waals surface area contributed by atoms with Crippen LogP contribution in [0.3, 0.4) is 0 Å². The van der Waals surface area contributed by atoms with Gasteiger partial charge in [-0.2, -0.15) is 0 Å². The van der Waals surface area contributed by atoms with Gasteiger partial charge in [0.2, 0.25) is 0 Å². The quantitative estimate of drug-likeness (QED) is 0.475. The van der Waals surface area contributed by atoms with Gasteiger partial charge in [-0.25, -0.2) is 14.0 Å². The van der Waals surface area contributed by atoms with Crippen molar-refractivity contribution in [1.29, 1.82) is 0 Å². The van der Waals surface area contributed by atoms with Crippen molar-refractivity contribution in [3.8, 4) is 0 Å². The highest BCUT2D eigenvalue weighted by atomic mass is 19.1. The van der Waals surface area contributed by atoms with Gasteiger partial charge < -0.3 is 24.0 Å². The van der Waals surface area contributed by atoms with Crippen LogP contribution in [0.5, 0.6) is 0 Å². The van der Waals surface area contributed by atoms with Gasteiger partial charge in [0, 0.05) is 19.3 Å². The Morgan fingerprint density at radius 3 is 2.39 bits per heavy atom. The van der Waals surface area contributed by atoms with Crippen molar-refractivity contribution in [2.75, 3.05) is 43.7 Å². The number of carbonyl (C=O) groups is 3. The first-order chi connectivity index (χ1) is 15.9. The Kier molecular flexibility index (Phi) is 7.87. The Labute approximate surface area is 191 Å². The maximum absolute atomic E-state index is 15.3. The molecule has 0 amide bonds. The minimum atomic E-state index is -0.818. The average molecular weight is 458 g/mol. The first kappa shape index (κ1) is 24.0. The summed E-state index contributed by atoms with van der Waals surface area (Å²) in [6, 6.07) is 4.60. The average Bonchev–Trinajstić information content (AvgIpc) is 3.06. The lowest BCUT2D eigenvalue weighted by Gasteiger charge is -2.36. The number of allylic oxidation sites excluding steroid dienone is 2. The van der Waals surface area contributed by atoms with Gasteiger partial charge in [0.05, 0.1) is 38.0 Å². The molecule has 0 N–H and O–H groups in total. The van der Waals surface area contributed by atoms with E-state index in [1.807, 2.05) is 4.90 Å². The predicted molar refractivity (Wildman–Crippen MR) is 120 cm³/mol. The molecule has 0 bridgehead atoms. The van der Waals surface area contributed by atoms with Crippen molar-refractivity contribution in [2.45, 2.75) is 19.8 Å². The molecular weight excluding hydrogens is 431 g/mol. The van der Waals surface area contributed by atoms with Crippen LogP contribution in [0, 0.1) is 11.7 Å². The monoisotopic (exact) mass is 458 g/mol. The van der Waals surface area contributed by atoms with Crippen LogP contribution in [0.4, 0.5) is 15.8 Å². The molecule has 9 heteroatoms. The minimum absolute atomic E-state index is 0.0652. The van der Waals surface area contributed by atoms with Crippen LogP contribution in [0.15, 0.2) is 53.9 Å². The van der Waals surface area contributed by atoms with E-state index in [1.165, 1.54) is 37.5 Å². The third-order valence-electron chi connectivity index (χ3n) is 5.55. The predicted octanol–water partition coefficient (Wildman–Crippen LogP) is 3.10. The fourth-order valence-electron chi connectivity index (χ4n) is 3.95. The number of esters is 3. The Hall–Kier alpha value is -3.62. The van der Waals surface area contributed by atoms with Crippen molar-refractivity contribution in [2.24, 2.45) is 5.92 Å². The van der Waals surface area contributed by atoms with Crippen molar-refractivity contribution in [1.82, 2.24) is 0 Å². The molecular formula is C24H27FN2O6. The van der Waals surface area contributed by atoms with Gasteiger partial charge in [-0.3, -0.25) is 4.79 Å². The standard InChI is InChI=1S/C24H27FN2O6/c1-4-33-22(28)16-11-14-26(15-12-16)19-10-7-9-18(25)21(19)27-13-6-5-8-17(23(29)31-2)20(27)24(30)32-3/h5-10,13,16H,4,11-12,14-15H2,1-3H3. The number of para-hydroxylation sites is 1. The number of nitrogens with zero attached hydrogens (tertiary/aromatic N) is 2. The molecule has 176 valence electrons. The Morgan fingerprint density at radius 2 is 1.76 bits per heavy atom. The number of benzene rings is 1. The van der Waals surface area contributed by atoms with E-state index in [2.05, 4.69) is 0 Å². The van der Waals surface area contributed by atoms with Gasteiger partial charge in [0.25, 0.3) is 0 Å². The summed E-state index contributed by atoms with van der Waals surface area (Å²) in [5.41, 5.74) is 0.384. The second-order valence-electron chi connectivity index (χ2n) is 7.44. The third-order valence-corrected chi connectivity index (χ3v) is 5.55. The normalized spacial score (nSPS) is 16.5. The summed E-state index contributed by atoms with van der Waals surface area (Å²) < 4.78 is 30.2. The van der Waals surface area contributed by atoms with E-state index in [4.69, 9.17) is 14.2 Å². The maximum Gasteiger partial charge on any atom is 0.355 e. The number of ether oxygens (including phenoxy) is 3. The summed E-state index contributed by atoms with van der Waals surface area (Å²) in [5.74, 6) is -2.60. The first-order valence-corrected chi connectivity index (χ1v) is 10.7. The molecule has 1 aromatic rings. The third kappa shape index (κ3) is 5.08. The van der Waals surface area contributed by atoms with Gasteiger partial charge in [-0.15, -0.1) is 0 Å². The van der Waals surface area contributed by atoms with Gasteiger partial charge in [0.1, 0.15) is 17.2 Å². The molecule has 8 nitrogen and oxygen atoms in total. The number of anilines is 2. The number of hydrogen-bond donors (Lipinski definition) is 0. The molecule has 0 atom stereocenters. The van der Waals surface area contributed by atoms with Gasteiger partial charge in [-0.1, -0.05) is 12.1 Å². The molecule has 0 radical (unpaired) electrons. The number of piperidine rings is 1. The van der Waals surface area contributed by atoms with E-state index in [0.29, 0.717) is 38.2 Å². The summed E-state index contributed by atoms with van der Waals surface area (Å²) in [4.78, 5) is 40.5. The second kappa shape index (κ2) is 10.8. The Bertz CT molecular complexity index is 1010. The van der Waals surface area contributed by atoms with Crippen LogP contribution in [-0.4, -0.2) is 51.8 Å². The first-order valence-electron chi connectivity index (χ1n) is 10.7. The zero-order valence-corrected chi connectivity index (χ0v) is 18.9. The highest BCUT2D eigenvalue weighted by molar-refractivity contribution is 6.06. The molecule has 2 heterocycles. The summed E-state index contributed by atoms with van der Waals surface area (Å²) >= 11 is 0. The molecule has 3 rings (SSSR count). The van der Waals surface area contributed by atoms with Crippen LogP contribution < -0.4 is 9.80 Å². The van der Waals surface area contributed by atoms with E-state index in [0.717, 1.165) is 0 Å². The lowest BCUT2D eigenvalue weighted by molar-refractivity contribution is -0.148. The molecule has 0 aromatic heterocycles. The number of methoxy groups -OCH3 is 2. The molecule has 1 fully saturated rings. The molecule has 0 spiro atoms. The molecule has 0 aliphatic carbocycles. The van der Waals surface area contributed by atoms with E-state index in [1.54, 1.807) is 31.2 Å². The second-order valence-corrected chi connectivity index (χ2v) is 7.44. The number of rotatable bonds is 6. The van der Waals surface area contributed by atoms with Gasteiger partial charge >= 0.3 is 17.9 Å². The fraction of sp³-hybridized carbons (Fsp3) is 0.375. The zero-order valence-electron chi connectivity index (χ0n) is 18.9. The number of carbonyl (C=O) groups excluding carboxylic acids is 3. The summed E-state index contributed by atoms with van der Waals surface area (Å²) in [6.45, 7) is 3.09. The summed E-state index contributed by atoms with van der Waals surface area (Å²) in [7, 11) is 2.38. The molecule has 1 aromatic carbocycles. The van der Waals surface area contributed by atoms with Crippen molar-refractivity contribution in [3.05, 3.63) is 59.7 Å². The Morgan fingerprint density at radius 1 is 1.06 bits per heavy atom. The van der Waals surface area contributed by atoms with Crippen LogP contribution in [0.1, 0.15) is 19.8 Å². The zero-order chi connectivity index (χ0) is 24.0. The minimum Gasteiger partial charge on any atom is -0.466 e. The molecule has 0 unspecified atom stereocenters. The molecule has 1 saturated heterocycles. The smallest absolute Gasteiger partial charge is 0.355 e. The van der Waals surface area contributed by atoms with E-state index in [-0.39, 0.29) is 28.8 Å². The lowest BCUT2D eigenvalue weighted by atomic mass is 9.96. The van der Waals surface area contributed by atoms with Crippen LogP contribution in [0.25, 0.3) is 0 Å². The van der Waals surface area contributed by atoms with Crippen molar-refractivity contribution >= 4 is 29.3 Å². The summed E-state index contributed by atoms with van der Waals surface area (Å²) in [5, 5.41) is 0. The van der Waals surface area contributed by atoms with E-state index < -0.39 is 17.8 Å². The summed E-state index contributed by atoms with van der Waals surface area (Å²) in [6.07, 6.45) is 7.16. The van der Waals surface area contributed by atoms with Crippen molar-refractivity contribution in [3.63, 3.8) is 0 Å². The van der Waals surface area contributed by atoms with E-state index >= 15 is 4.39 Å². The van der Waals surface area contributed by atoms with Crippen LogP contribution in [0.2, 0.25) is 0 Å². The molecule has 0 saturated carbocycles. The fourth-order valence-corrected chi connectivity index (χ4v) is 3.95. The van der Waals surface area contributed by atoms with Crippen molar-refractivity contribution < 1.29 is 33.0 Å². The molecule has 2 aliphatic rings. The highest BCUT2D eigenvalue weighted by Crippen LogP contribution is 2.38. The van der Waals surface area contributed by atoms with Gasteiger partial charge in [0.15, 0.2) is 0 Å². The lowest BCUT2D eigenvalue weighted by Crippen LogP contribution is -2.38. The van der Waals surface area contributed by atoms with E-state index in [9.17, 15) is 14.4 Å². The highest BCUT2D eigenvalue weighted by Gasteiger charge is 2.33. The number of hydrogen-bond acceptors (Lipinski definition) is 8. The largest absolute Gasteiger partial charge is 0.466 e. The SMILES string of the molecule is CCOC(=O)C1CCN(c2cccc(F)c2N2C=CC=CC(C(=O)OC)=C2C(=O)OC)CC1. The molecule has 33 heavy (non-hydrogen) atoms. The number of halogens is 1. The molecule has 2 aliphatic heterocycles. The van der Waals surface area contributed by atoms with Crippen LogP contribution >= 0.6 is 0 Å². The Balaban J connectivity index is 2.04. The van der Waals surface area contributed by atoms with Crippen LogP contribution in [-0.2, 0) is 28.6 Å². The maximum atomic E-state index is 15.3.